The smallest absolute Gasteiger partial charge is 0.230 e. The molecule has 1 aromatic carbocycles. The van der Waals surface area contributed by atoms with Crippen LogP contribution in [-0.4, -0.2) is 88.0 Å². The fraction of sp³-hybridized carbons (Fsp3) is 0.625. The lowest BCUT2D eigenvalue weighted by molar-refractivity contribution is -0.138. The summed E-state index contributed by atoms with van der Waals surface area (Å²) in [5, 5.41) is 6.56. The first-order valence-corrected chi connectivity index (χ1v) is 11.7. The standard InChI is InChI=1S/C24H38N6O2/c1-25-23(27-19-24(12-7-8-13-24)22(32)28(2)3)26-14-11-21(31)30-17-15-29(16-18-30)20-9-5-4-6-10-20/h4-6,9-10H,7-8,11-19H2,1-3H3,(H2,25,26,27). The number of benzene rings is 1. The highest BCUT2D eigenvalue weighted by atomic mass is 16.2. The van der Waals surface area contributed by atoms with E-state index in [1.807, 2.05) is 37.2 Å². The van der Waals surface area contributed by atoms with Gasteiger partial charge in [-0.15, -0.1) is 0 Å². The Bertz CT molecular complexity index is 781. The third-order valence-electron chi connectivity index (χ3n) is 6.62. The van der Waals surface area contributed by atoms with E-state index in [1.54, 1.807) is 11.9 Å². The molecule has 2 amide bonds. The van der Waals surface area contributed by atoms with Gasteiger partial charge in [0.2, 0.25) is 11.8 Å². The number of guanidine groups is 1. The van der Waals surface area contributed by atoms with Crippen molar-refractivity contribution >= 4 is 23.5 Å². The summed E-state index contributed by atoms with van der Waals surface area (Å²) in [6.45, 7) is 4.29. The van der Waals surface area contributed by atoms with Gasteiger partial charge in [0.25, 0.3) is 0 Å². The lowest BCUT2D eigenvalue weighted by Crippen LogP contribution is -2.50. The monoisotopic (exact) mass is 442 g/mol. The molecule has 0 atom stereocenters. The minimum Gasteiger partial charge on any atom is -0.368 e. The number of aliphatic imine (C=N–C) groups is 1. The van der Waals surface area contributed by atoms with E-state index < -0.39 is 0 Å². The summed E-state index contributed by atoms with van der Waals surface area (Å²) in [5.41, 5.74) is 0.860. The van der Waals surface area contributed by atoms with Crippen molar-refractivity contribution in [2.75, 3.05) is 65.3 Å². The summed E-state index contributed by atoms with van der Waals surface area (Å²) in [7, 11) is 5.36. The first-order chi connectivity index (χ1) is 15.4. The summed E-state index contributed by atoms with van der Waals surface area (Å²) < 4.78 is 0. The topological polar surface area (TPSA) is 80.3 Å². The Morgan fingerprint density at radius 1 is 1.03 bits per heavy atom. The van der Waals surface area contributed by atoms with Crippen LogP contribution in [0.5, 0.6) is 0 Å². The maximum atomic E-state index is 12.7. The Labute approximate surface area is 192 Å². The van der Waals surface area contributed by atoms with Gasteiger partial charge in [-0.05, 0) is 25.0 Å². The number of hydrogen-bond acceptors (Lipinski definition) is 4. The molecule has 8 heteroatoms. The molecule has 1 aliphatic heterocycles. The quantitative estimate of drug-likeness (QED) is 0.495. The predicted octanol–water partition coefficient (Wildman–Crippen LogP) is 1.54. The van der Waals surface area contributed by atoms with Crippen LogP contribution >= 0.6 is 0 Å². The van der Waals surface area contributed by atoms with Crippen molar-refractivity contribution < 1.29 is 9.59 Å². The average Bonchev–Trinajstić information content (AvgIpc) is 3.31. The van der Waals surface area contributed by atoms with Gasteiger partial charge in [0.05, 0.1) is 5.41 Å². The lowest BCUT2D eigenvalue weighted by atomic mass is 9.84. The molecule has 8 nitrogen and oxygen atoms in total. The van der Waals surface area contributed by atoms with Gasteiger partial charge >= 0.3 is 0 Å². The number of amides is 2. The van der Waals surface area contributed by atoms with E-state index in [1.165, 1.54) is 5.69 Å². The molecule has 1 aliphatic carbocycles. The summed E-state index contributed by atoms with van der Waals surface area (Å²) in [5.74, 6) is 0.989. The van der Waals surface area contributed by atoms with Crippen LogP contribution in [0.1, 0.15) is 32.1 Å². The number of anilines is 1. The van der Waals surface area contributed by atoms with Crippen molar-refractivity contribution in [3.63, 3.8) is 0 Å². The van der Waals surface area contributed by atoms with Gasteiger partial charge in [0, 0.05) is 72.5 Å². The third-order valence-corrected chi connectivity index (χ3v) is 6.62. The van der Waals surface area contributed by atoms with E-state index in [4.69, 9.17) is 0 Å². The molecule has 0 aromatic heterocycles. The molecular weight excluding hydrogens is 404 g/mol. The summed E-state index contributed by atoms with van der Waals surface area (Å²) >= 11 is 0. The number of nitrogens with one attached hydrogen (secondary N) is 2. The van der Waals surface area contributed by atoms with E-state index in [0.717, 1.165) is 51.9 Å². The van der Waals surface area contributed by atoms with Crippen molar-refractivity contribution in [1.82, 2.24) is 20.4 Å². The number of para-hydroxylation sites is 1. The maximum Gasteiger partial charge on any atom is 0.230 e. The van der Waals surface area contributed by atoms with Crippen LogP contribution in [0.15, 0.2) is 35.3 Å². The normalized spacial score (nSPS) is 18.4. The Hall–Kier alpha value is -2.77. The number of rotatable bonds is 7. The number of nitrogens with zero attached hydrogens (tertiary/aromatic N) is 4. The Morgan fingerprint density at radius 2 is 1.69 bits per heavy atom. The van der Waals surface area contributed by atoms with E-state index in [0.29, 0.717) is 25.5 Å². The summed E-state index contributed by atoms with van der Waals surface area (Å²) in [6.07, 6.45) is 4.40. The van der Waals surface area contributed by atoms with Crippen LogP contribution in [0.4, 0.5) is 5.69 Å². The van der Waals surface area contributed by atoms with Gasteiger partial charge in [0.15, 0.2) is 5.96 Å². The zero-order valence-corrected chi connectivity index (χ0v) is 19.8. The Balaban J connectivity index is 1.40. The molecule has 2 N–H and O–H groups in total. The molecule has 2 aliphatic rings. The highest BCUT2D eigenvalue weighted by Gasteiger charge is 2.42. The predicted molar refractivity (Wildman–Crippen MR) is 129 cm³/mol. The van der Waals surface area contributed by atoms with Crippen LogP contribution in [-0.2, 0) is 9.59 Å². The van der Waals surface area contributed by atoms with Gasteiger partial charge in [-0.3, -0.25) is 14.6 Å². The van der Waals surface area contributed by atoms with E-state index >= 15 is 0 Å². The zero-order chi connectivity index (χ0) is 23.0. The largest absolute Gasteiger partial charge is 0.368 e. The molecule has 32 heavy (non-hydrogen) atoms. The van der Waals surface area contributed by atoms with E-state index in [9.17, 15) is 9.59 Å². The number of carbonyl (C=O) groups excluding carboxylic acids is 2. The SMILES string of the molecule is CN=C(NCCC(=O)N1CCN(c2ccccc2)CC1)NCC1(C(=O)N(C)C)CCCC1. The molecule has 3 rings (SSSR count). The van der Waals surface area contributed by atoms with Crippen LogP contribution in [0.25, 0.3) is 0 Å². The fourth-order valence-electron chi connectivity index (χ4n) is 4.76. The highest BCUT2D eigenvalue weighted by molar-refractivity contribution is 5.85. The molecular formula is C24H38N6O2. The molecule has 1 aromatic rings. The minimum absolute atomic E-state index is 0.163. The van der Waals surface area contributed by atoms with Crippen LogP contribution in [0.2, 0.25) is 0 Å². The molecule has 1 saturated carbocycles. The Kier molecular flexibility index (Phi) is 8.36. The van der Waals surface area contributed by atoms with E-state index in [2.05, 4.69) is 32.7 Å². The second-order valence-corrected chi connectivity index (χ2v) is 8.99. The molecule has 176 valence electrons. The van der Waals surface area contributed by atoms with Crippen molar-refractivity contribution in [3.05, 3.63) is 30.3 Å². The van der Waals surface area contributed by atoms with Crippen LogP contribution < -0.4 is 15.5 Å². The highest BCUT2D eigenvalue weighted by Crippen LogP contribution is 2.38. The van der Waals surface area contributed by atoms with E-state index in [-0.39, 0.29) is 17.2 Å². The average molecular weight is 443 g/mol. The van der Waals surface area contributed by atoms with Crippen LogP contribution in [0, 0.1) is 5.41 Å². The first-order valence-electron chi connectivity index (χ1n) is 11.7. The second-order valence-electron chi connectivity index (χ2n) is 8.99. The summed E-state index contributed by atoms with van der Waals surface area (Å²) in [6, 6.07) is 10.3. The summed E-state index contributed by atoms with van der Waals surface area (Å²) in [4.78, 5) is 35.6. The van der Waals surface area contributed by atoms with Crippen molar-refractivity contribution in [1.29, 1.82) is 0 Å². The number of hydrogen-bond donors (Lipinski definition) is 2. The minimum atomic E-state index is -0.352. The second kappa shape index (κ2) is 11.2. The van der Waals surface area contributed by atoms with Gasteiger partial charge < -0.3 is 25.3 Å². The van der Waals surface area contributed by atoms with Crippen molar-refractivity contribution in [2.24, 2.45) is 10.4 Å². The van der Waals surface area contributed by atoms with Gasteiger partial charge in [-0.1, -0.05) is 31.0 Å². The molecule has 0 bridgehead atoms. The molecule has 0 radical (unpaired) electrons. The molecule has 0 spiro atoms. The molecule has 0 unspecified atom stereocenters. The molecule has 1 saturated heterocycles. The molecule has 1 heterocycles. The number of carbonyl (C=O) groups is 2. The number of piperazine rings is 1. The third kappa shape index (κ3) is 5.93. The zero-order valence-electron chi connectivity index (χ0n) is 19.8. The van der Waals surface area contributed by atoms with Crippen molar-refractivity contribution in [2.45, 2.75) is 32.1 Å². The van der Waals surface area contributed by atoms with Gasteiger partial charge in [0.1, 0.15) is 0 Å². The van der Waals surface area contributed by atoms with Crippen LogP contribution in [0.3, 0.4) is 0 Å². The first kappa shape index (κ1) is 23.9. The van der Waals surface area contributed by atoms with Gasteiger partial charge in [-0.2, -0.15) is 0 Å². The van der Waals surface area contributed by atoms with Crippen molar-refractivity contribution in [3.8, 4) is 0 Å². The fourth-order valence-corrected chi connectivity index (χ4v) is 4.76. The van der Waals surface area contributed by atoms with Gasteiger partial charge in [-0.25, -0.2) is 0 Å². The Morgan fingerprint density at radius 3 is 2.28 bits per heavy atom. The maximum absolute atomic E-state index is 12.7. The lowest BCUT2D eigenvalue weighted by Gasteiger charge is -2.36. The molecule has 2 fully saturated rings.